The summed E-state index contributed by atoms with van der Waals surface area (Å²) in [5, 5.41) is 0. The Bertz CT molecular complexity index is 459. The first-order chi connectivity index (χ1) is 20.4. The van der Waals surface area contributed by atoms with Gasteiger partial charge in [0.05, 0.1) is 0 Å². The molecule has 0 aromatic carbocycles. The maximum Gasteiger partial charge on any atom is -0.00213 e. The lowest BCUT2D eigenvalue weighted by atomic mass is 10.1. The first-order valence-corrected chi connectivity index (χ1v) is 18.5. The zero-order valence-corrected chi connectivity index (χ0v) is 29.9. The predicted molar refractivity (Wildman–Crippen MR) is 188 cm³/mol. The van der Waals surface area contributed by atoms with Crippen LogP contribution in [0.3, 0.4) is 0 Å². The highest BCUT2D eigenvalue weighted by Crippen LogP contribution is 2.08. The van der Waals surface area contributed by atoms with Gasteiger partial charge in [-0.1, -0.05) is 38.5 Å². The van der Waals surface area contributed by atoms with Crippen LogP contribution >= 0.6 is 0 Å². The Balaban J connectivity index is 0.000000252. The number of likely N-dealkylation sites (tertiary alicyclic amines) is 6. The summed E-state index contributed by atoms with van der Waals surface area (Å²) >= 11 is 0. The summed E-state index contributed by atoms with van der Waals surface area (Å²) in [5.41, 5.74) is 0. The van der Waals surface area contributed by atoms with Crippen LogP contribution in [-0.2, 0) is 0 Å². The largest absolute Gasteiger partial charge is 0.306 e. The quantitative estimate of drug-likeness (QED) is 0.312. The molecule has 0 aliphatic carbocycles. The van der Waals surface area contributed by atoms with Crippen LogP contribution in [0.1, 0.15) is 116 Å². The van der Waals surface area contributed by atoms with Gasteiger partial charge in [0.1, 0.15) is 0 Å². The Morgan fingerprint density at radius 2 is 0.262 bits per heavy atom. The van der Waals surface area contributed by atoms with Crippen LogP contribution in [-0.4, -0.2) is 150 Å². The molecule has 6 aliphatic heterocycles. The highest BCUT2D eigenvalue weighted by atomic mass is 15.1. The molecule has 6 heterocycles. The normalized spacial score (nSPS) is 25.3. The minimum Gasteiger partial charge on any atom is -0.306 e. The van der Waals surface area contributed by atoms with Gasteiger partial charge < -0.3 is 29.4 Å². The molecule has 0 radical (unpaired) electrons. The van der Waals surface area contributed by atoms with Crippen molar-refractivity contribution in [3.8, 4) is 0 Å². The van der Waals surface area contributed by atoms with Gasteiger partial charge in [-0.05, 0) is 198 Å². The molecule has 6 fully saturated rings. The van der Waals surface area contributed by atoms with Gasteiger partial charge in [-0.3, -0.25) is 0 Å². The lowest BCUT2D eigenvalue weighted by molar-refractivity contribution is 0.277. The van der Waals surface area contributed by atoms with Gasteiger partial charge in [-0.15, -0.1) is 0 Å². The van der Waals surface area contributed by atoms with E-state index in [-0.39, 0.29) is 0 Å². The van der Waals surface area contributed by atoms with Gasteiger partial charge in [-0.25, -0.2) is 0 Å². The Labute approximate surface area is 265 Å². The summed E-state index contributed by atoms with van der Waals surface area (Å²) in [4.78, 5) is 14.4. The molecular weight excluding hydrogens is 516 g/mol. The van der Waals surface area contributed by atoms with E-state index in [1.165, 1.54) is 194 Å². The van der Waals surface area contributed by atoms with E-state index >= 15 is 0 Å². The number of hydrogen-bond donors (Lipinski definition) is 0. The van der Waals surface area contributed by atoms with Crippen LogP contribution in [0.5, 0.6) is 0 Å². The number of piperidine rings is 4. The maximum absolute atomic E-state index is 2.42. The van der Waals surface area contributed by atoms with E-state index in [1.54, 1.807) is 0 Å². The predicted octanol–water partition coefficient (Wildman–Crippen LogP) is 6.61. The molecule has 0 atom stereocenters. The van der Waals surface area contributed by atoms with E-state index in [9.17, 15) is 0 Å². The third-order valence-corrected chi connectivity index (χ3v) is 9.48. The fourth-order valence-corrected chi connectivity index (χ4v) is 6.31. The second-order valence-electron chi connectivity index (χ2n) is 14.2. The lowest BCUT2D eigenvalue weighted by Gasteiger charge is -2.20. The maximum atomic E-state index is 2.42. The Morgan fingerprint density at radius 1 is 0.167 bits per heavy atom. The Morgan fingerprint density at radius 3 is 0.381 bits per heavy atom. The molecule has 6 nitrogen and oxygen atoms in total. The van der Waals surface area contributed by atoms with E-state index in [2.05, 4.69) is 71.7 Å². The van der Waals surface area contributed by atoms with E-state index in [0.29, 0.717) is 0 Å². The van der Waals surface area contributed by atoms with Gasteiger partial charge in [0, 0.05) is 0 Å². The van der Waals surface area contributed by atoms with Crippen LogP contribution in [0.25, 0.3) is 0 Å². The van der Waals surface area contributed by atoms with E-state index in [0.717, 1.165) is 0 Å². The molecule has 0 bridgehead atoms. The first-order valence-electron chi connectivity index (χ1n) is 18.5. The Kier molecular flexibility index (Phi) is 26.8. The van der Waals surface area contributed by atoms with Crippen LogP contribution in [0.15, 0.2) is 0 Å². The zero-order valence-electron chi connectivity index (χ0n) is 29.9. The smallest absolute Gasteiger partial charge is 0.00213 e. The molecule has 0 aromatic heterocycles. The van der Waals surface area contributed by atoms with Crippen molar-refractivity contribution in [2.45, 2.75) is 116 Å². The summed E-state index contributed by atoms with van der Waals surface area (Å²) < 4.78 is 0. The second kappa shape index (κ2) is 28.2. The molecule has 6 rings (SSSR count). The number of hydrogen-bond acceptors (Lipinski definition) is 6. The van der Waals surface area contributed by atoms with Gasteiger partial charge in [0.15, 0.2) is 0 Å². The monoisotopic (exact) mass is 595 g/mol. The van der Waals surface area contributed by atoms with Crippen molar-refractivity contribution in [3.05, 3.63) is 0 Å². The molecule has 0 unspecified atom stereocenters. The average molecular weight is 595 g/mol. The van der Waals surface area contributed by atoms with Gasteiger partial charge in [0.25, 0.3) is 0 Å². The summed E-state index contributed by atoms with van der Waals surface area (Å²) in [6.45, 7) is 15.8. The zero-order chi connectivity index (χ0) is 30.7. The molecule has 6 heteroatoms. The molecule has 0 N–H and O–H groups in total. The third-order valence-electron chi connectivity index (χ3n) is 9.48. The van der Waals surface area contributed by atoms with Crippen LogP contribution in [0.2, 0.25) is 0 Å². The van der Waals surface area contributed by atoms with Crippen molar-refractivity contribution in [1.82, 2.24) is 29.4 Å². The lowest BCUT2D eigenvalue weighted by Crippen LogP contribution is -2.24. The highest BCUT2D eigenvalue weighted by molar-refractivity contribution is 4.61. The second-order valence-corrected chi connectivity index (χ2v) is 14.2. The van der Waals surface area contributed by atoms with E-state index < -0.39 is 0 Å². The standard InChI is InChI=1S/C7H15N.4C6H13N.C5H11N/c1-8-6-4-2-3-5-7-8;4*1-7-5-3-2-4-6-7;1-6-4-2-3-5-6/h2-7H2,1H3;4*2-6H2,1H3;2-5H2,1H3. The van der Waals surface area contributed by atoms with Gasteiger partial charge in [-0.2, -0.15) is 0 Å². The highest BCUT2D eigenvalue weighted by Gasteiger charge is 2.05. The molecular formula is C36H78N6. The minimum atomic E-state index is 1.32. The summed E-state index contributed by atoms with van der Waals surface area (Å²) in [6, 6.07) is 0. The van der Waals surface area contributed by atoms with Crippen LogP contribution < -0.4 is 0 Å². The van der Waals surface area contributed by atoms with Crippen molar-refractivity contribution in [2.24, 2.45) is 0 Å². The van der Waals surface area contributed by atoms with Crippen LogP contribution in [0.4, 0.5) is 0 Å². The topological polar surface area (TPSA) is 19.4 Å². The van der Waals surface area contributed by atoms with Crippen molar-refractivity contribution in [1.29, 1.82) is 0 Å². The molecule has 42 heavy (non-hydrogen) atoms. The molecule has 0 amide bonds. The molecule has 0 spiro atoms. The number of nitrogens with zero attached hydrogens (tertiary/aromatic N) is 6. The summed E-state index contributed by atoms with van der Waals surface area (Å²) in [7, 11) is 13.2. The SMILES string of the molecule is CN1CCCC1.CN1CCCCC1.CN1CCCCC1.CN1CCCCC1.CN1CCCCC1.CN1CCCCCC1. The molecule has 0 aromatic rings. The molecule has 6 aliphatic rings. The summed E-state index contributed by atoms with van der Waals surface area (Å²) in [5.74, 6) is 0. The first kappa shape index (κ1) is 39.8. The average Bonchev–Trinajstić information content (AvgIpc) is 3.36. The molecule has 6 saturated heterocycles. The van der Waals surface area contributed by atoms with Crippen molar-refractivity contribution in [3.63, 3.8) is 0 Å². The van der Waals surface area contributed by atoms with E-state index in [1.807, 2.05) is 0 Å². The van der Waals surface area contributed by atoms with Gasteiger partial charge >= 0.3 is 0 Å². The van der Waals surface area contributed by atoms with Crippen molar-refractivity contribution < 1.29 is 0 Å². The summed E-state index contributed by atoms with van der Waals surface area (Å²) in [6.07, 6.45) is 25.7. The molecule has 252 valence electrons. The third kappa shape index (κ3) is 26.2. The fourth-order valence-electron chi connectivity index (χ4n) is 6.31. The fraction of sp³-hybridized carbons (Fsp3) is 1.00. The molecule has 0 saturated carbocycles. The minimum absolute atomic E-state index is 1.32. The van der Waals surface area contributed by atoms with Gasteiger partial charge in [0.2, 0.25) is 0 Å². The van der Waals surface area contributed by atoms with Crippen LogP contribution in [0, 0.1) is 0 Å². The number of rotatable bonds is 0. The van der Waals surface area contributed by atoms with Crippen molar-refractivity contribution >= 4 is 0 Å². The van der Waals surface area contributed by atoms with E-state index in [4.69, 9.17) is 0 Å². The Hall–Kier alpha value is -0.240. The van der Waals surface area contributed by atoms with Crippen molar-refractivity contribution in [2.75, 3.05) is 121 Å².